The van der Waals surface area contributed by atoms with Crippen LogP contribution in [0.5, 0.6) is 0 Å². The van der Waals surface area contributed by atoms with Gasteiger partial charge in [0.2, 0.25) is 0 Å². The molecule has 96 valence electrons. The van der Waals surface area contributed by atoms with E-state index in [-0.39, 0.29) is 19.0 Å². The van der Waals surface area contributed by atoms with E-state index >= 15 is 0 Å². The van der Waals surface area contributed by atoms with Gasteiger partial charge in [-0.15, -0.1) is 0 Å². The first-order valence-corrected chi connectivity index (χ1v) is 5.47. The van der Waals surface area contributed by atoms with Crippen LogP contribution in [0.4, 0.5) is 13.2 Å². The molecule has 1 aliphatic heterocycles. The second-order valence-corrected chi connectivity index (χ2v) is 4.13. The highest BCUT2D eigenvalue weighted by Crippen LogP contribution is 2.20. The van der Waals surface area contributed by atoms with Crippen LogP contribution in [0, 0.1) is 5.92 Å². The highest BCUT2D eigenvalue weighted by atomic mass is 19.4. The maximum Gasteiger partial charge on any atom is 0.401 e. The predicted octanol–water partition coefficient (Wildman–Crippen LogP) is 1.27. The molecule has 2 unspecified atom stereocenters. The van der Waals surface area contributed by atoms with Crippen LogP contribution in [0.15, 0.2) is 0 Å². The fraction of sp³-hybridized carbons (Fsp3) is 1.00. The molecule has 1 fully saturated rings. The van der Waals surface area contributed by atoms with Gasteiger partial charge in [0.05, 0.1) is 19.3 Å². The molecular weight excluding hydrogens is 223 g/mol. The molecule has 2 atom stereocenters. The molecule has 1 rings (SSSR count). The molecule has 3 nitrogen and oxygen atoms in total. The Balaban J connectivity index is 2.36. The lowest BCUT2D eigenvalue weighted by molar-refractivity contribution is -0.148. The number of hydrogen-bond acceptors (Lipinski definition) is 3. The van der Waals surface area contributed by atoms with Crippen molar-refractivity contribution in [3.05, 3.63) is 0 Å². The van der Waals surface area contributed by atoms with E-state index in [0.717, 1.165) is 6.42 Å². The fourth-order valence-corrected chi connectivity index (χ4v) is 1.83. The molecule has 1 heterocycles. The molecule has 16 heavy (non-hydrogen) atoms. The van der Waals surface area contributed by atoms with Gasteiger partial charge >= 0.3 is 6.18 Å². The van der Waals surface area contributed by atoms with E-state index in [1.165, 1.54) is 4.90 Å². The van der Waals surface area contributed by atoms with Gasteiger partial charge in [0, 0.05) is 19.1 Å². The average molecular weight is 241 g/mol. The van der Waals surface area contributed by atoms with Gasteiger partial charge < -0.3 is 9.84 Å². The molecule has 1 N–H and O–H groups in total. The quantitative estimate of drug-likeness (QED) is 0.786. The SMILES string of the molecule is CCN(CC(O)C1CCOC1)CC(F)(F)F. The van der Waals surface area contributed by atoms with Gasteiger partial charge in [-0.05, 0) is 13.0 Å². The molecule has 0 aliphatic carbocycles. The number of halogens is 3. The zero-order valence-electron chi connectivity index (χ0n) is 9.33. The summed E-state index contributed by atoms with van der Waals surface area (Å²) in [6.07, 6.45) is -4.21. The van der Waals surface area contributed by atoms with E-state index < -0.39 is 18.8 Å². The zero-order valence-corrected chi connectivity index (χ0v) is 9.33. The number of aliphatic hydroxyl groups is 1. The van der Waals surface area contributed by atoms with Crippen molar-refractivity contribution in [3.8, 4) is 0 Å². The molecule has 0 aromatic carbocycles. The van der Waals surface area contributed by atoms with Crippen molar-refractivity contribution in [1.29, 1.82) is 0 Å². The Kier molecular flexibility index (Phi) is 5.01. The molecular formula is C10H18F3NO2. The first-order valence-electron chi connectivity index (χ1n) is 5.47. The molecule has 1 aliphatic rings. The molecule has 6 heteroatoms. The van der Waals surface area contributed by atoms with Crippen molar-refractivity contribution in [3.63, 3.8) is 0 Å². The zero-order chi connectivity index (χ0) is 12.2. The van der Waals surface area contributed by atoms with E-state index in [2.05, 4.69) is 0 Å². The minimum absolute atomic E-state index is 0.0257. The highest BCUT2D eigenvalue weighted by Gasteiger charge is 2.32. The molecule has 0 aromatic heterocycles. The number of aliphatic hydroxyl groups excluding tert-OH is 1. The van der Waals surface area contributed by atoms with Crippen LogP contribution in [0.25, 0.3) is 0 Å². The maximum atomic E-state index is 12.2. The lowest BCUT2D eigenvalue weighted by Crippen LogP contribution is -2.41. The predicted molar refractivity (Wildman–Crippen MR) is 53.1 cm³/mol. The molecule has 0 saturated carbocycles. The summed E-state index contributed by atoms with van der Waals surface area (Å²) in [5, 5.41) is 9.76. The van der Waals surface area contributed by atoms with Gasteiger partial charge in [-0.3, -0.25) is 4.90 Å². The average Bonchev–Trinajstić information content (AvgIpc) is 2.67. The standard InChI is InChI=1S/C10H18F3NO2/c1-2-14(7-10(11,12)13)5-9(15)8-3-4-16-6-8/h8-9,15H,2-7H2,1H3. The maximum absolute atomic E-state index is 12.2. The van der Waals surface area contributed by atoms with Crippen LogP contribution >= 0.6 is 0 Å². The third-order valence-corrected chi connectivity index (χ3v) is 2.80. The first kappa shape index (κ1) is 13.7. The Hall–Kier alpha value is -0.330. The summed E-state index contributed by atoms with van der Waals surface area (Å²) in [7, 11) is 0. The number of rotatable bonds is 5. The minimum Gasteiger partial charge on any atom is -0.391 e. The Morgan fingerprint density at radius 3 is 2.62 bits per heavy atom. The van der Waals surface area contributed by atoms with E-state index in [1.807, 2.05) is 0 Å². The Bertz CT molecular complexity index is 205. The van der Waals surface area contributed by atoms with Crippen LogP contribution in [0.2, 0.25) is 0 Å². The van der Waals surface area contributed by atoms with Crippen LogP contribution in [-0.4, -0.2) is 55.1 Å². The van der Waals surface area contributed by atoms with Gasteiger partial charge in [0.15, 0.2) is 0 Å². The summed E-state index contributed by atoms with van der Waals surface area (Å²) in [6, 6.07) is 0. The molecule has 0 radical (unpaired) electrons. The van der Waals surface area contributed by atoms with Crippen molar-refractivity contribution in [1.82, 2.24) is 4.90 Å². The largest absolute Gasteiger partial charge is 0.401 e. The lowest BCUT2D eigenvalue weighted by atomic mass is 10.0. The Morgan fingerprint density at radius 1 is 1.50 bits per heavy atom. The Labute approximate surface area is 93.2 Å². The summed E-state index contributed by atoms with van der Waals surface area (Å²) >= 11 is 0. The summed E-state index contributed by atoms with van der Waals surface area (Å²) in [5.74, 6) is -0.0257. The number of nitrogens with zero attached hydrogens (tertiary/aromatic N) is 1. The summed E-state index contributed by atoms with van der Waals surface area (Å²) < 4.78 is 41.6. The minimum atomic E-state index is -4.21. The number of ether oxygens (including phenoxy) is 1. The van der Waals surface area contributed by atoms with Gasteiger partial charge in [0.1, 0.15) is 0 Å². The number of likely N-dealkylation sites (N-methyl/N-ethyl adjacent to an activating group) is 1. The second-order valence-electron chi connectivity index (χ2n) is 4.13. The van der Waals surface area contributed by atoms with Crippen molar-refractivity contribution < 1.29 is 23.0 Å². The summed E-state index contributed by atoms with van der Waals surface area (Å²) in [5.41, 5.74) is 0. The lowest BCUT2D eigenvalue weighted by Gasteiger charge is -2.26. The van der Waals surface area contributed by atoms with Crippen molar-refractivity contribution in [2.24, 2.45) is 5.92 Å². The van der Waals surface area contributed by atoms with E-state index in [0.29, 0.717) is 13.2 Å². The van der Waals surface area contributed by atoms with Crippen LogP contribution in [0.3, 0.4) is 0 Å². The van der Waals surface area contributed by atoms with E-state index in [4.69, 9.17) is 4.74 Å². The van der Waals surface area contributed by atoms with Gasteiger partial charge in [-0.2, -0.15) is 13.2 Å². The summed E-state index contributed by atoms with van der Waals surface area (Å²) in [6.45, 7) is 2.07. The van der Waals surface area contributed by atoms with Crippen LogP contribution < -0.4 is 0 Å². The van der Waals surface area contributed by atoms with Gasteiger partial charge in [-0.1, -0.05) is 6.92 Å². The molecule has 1 saturated heterocycles. The van der Waals surface area contributed by atoms with E-state index in [1.54, 1.807) is 6.92 Å². The molecule has 0 aromatic rings. The topological polar surface area (TPSA) is 32.7 Å². The third kappa shape index (κ3) is 4.67. The molecule has 0 bridgehead atoms. The number of hydrogen-bond donors (Lipinski definition) is 1. The monoisotopic (exact) mass is 241 g/mol. The normalized spacial score (nSPS) is 24.0. The fourth-order valence-electron chi connectivity index (χ4n) is 1.83. The van der Waals surface area contributed by atoms with Gasteiger partial charge in [0.25, 0.3) is 0 Å². The molecule has 0 amide bonds. The Morgan fingerprint density at radius 2 is 2.19 bits per heavy atom. The van der Waals surface area contributed by atoms with Crippen LogP contribution in [-0.2, 0) is 4.74 Å². The van der Waals surface area contributed by atoms with Crippen molar-refractivity contribution in [2.45, 2.75) is 25.6 Å². The molecule has 0 spiro atoms. The third-order valence-electron chi connectivity index (χ3n) is 2.80. The van der Waals surface area contributed by atoms with Crippen molar-refractivity contribution in [2.75, 3.05) is 32.8 Å². The van der Waals surface area contributed by atoms with Crippen molar-refractivity contribution >= 4 is 0 Å². The van der Waals surface area contributed by atoms with E-state index in [9.17, 15) is 18.3 Å². The smallest absolute Gasteiger partial charge is 0.391 e. The second kappa shape index (κ2) is 5.84. The van der Waals surface area contributed by atoms with Gasteiger partial charge in [-0.25, -0.2) is 0 Å². The first-order chi connectivity index (χ1) is 7.42. The highest BCUT2D eigenvalue weighted by molar-refractivity contribution is 4.76. The summed E-state index contributed by atoms with van der Waals surface area (Å²) in [4.78, 5) is 1.21. The number of alkyl halides is 3. The van der Waals surface area contributed by atoms with Crippen LogP contribution in [0.1, 0.15) is 13.3 Å².